The fourth-order valence-electron chi connectivity index (χ4n) is 2.82. The van der Waals surface area contributed by atoms with E-state index in [0.717, 1.165) is 44.9 Å². The summed E-state index contributed by atoms with van der Waals surface area (Å²) in [6.07, 6.45) is 4.29. The van der Waals surface area contributed by atoms with Crippen molar-refractivity contribution in [1.29, 1.82) is 0 Å². The molecule has 0 bridgehead atoms. The van der Waals surface area contributed by atoms with Crippen molar-refractivity contribution in [3.63, 3.8) is 0 Å². The number of hydrogen-bond acceptors (Lipinski definition) is 2. The number of amides is 1. The lowest BCUT2D eigenvalue weighted by Crippen LogP contribution is -2.37. The van der Waals surface area contributed by atoms with Crippen molar-refractivity contribution in [2.45, 2.75) is 53.4 Å². The maximum Gasteiger partial charge on any atom is 0.222 e. The van der Waals surface area contributed by atoms with Crippen LogP contribution in [0.25, 0.3) is 0 Å². The van der Waals surface area contributed by atoms with Gasteiger partial charge in [0.25, 0.3) is 0 Å². The van der Waals surface area contributed by atoms with Crippen LogP contribution in [0.2, 0.25) is 0 Å². The predicted molar refractivity (Wildman–Crippen MR) is 88.3 cm³/mol. The summed E-state index contributed by atoms with van der Waals surface area (Å²) < 4.78 is 0. The van der Waals surface area contributed by atoms with Crippen molar-refractivity contribution in [3.8, 4) is 0 Å². The van der Waals surface area contributed by atoms with Gasteiger partial charge in [0.2, 0.25) is 5.91 Å². The Balaban J connectivity index is 0.00000361. The Morgan fingerprint density at radius 3 is 2.05 bits per heavy atom. The van der Waals surface area contributed by atoms with Gasteiger partial charge in [-0.2, -0.15) is 0 Å². The Bertz CT molecular complexity index is 253. The molecule has 1 fully saturated rings. The van der Waals surface area contributed by atoms with Crippen LogP contribution in [0.5, 0.6) is 0 Å². The van der Waals surface area contributed by atoms with Gasteiger partial charge in [0, 0.05) is 19.5 Å². The summed E-state index contributed by atoms with van der Waals surface area (Å²) >= 11 is 0. The molecule has 4 heteroatoms. The molecule has 0 unspecified atom stereocenters. The second-order valence-corrected chi connectivity index (χ2v) is 6.82. The molecule has 3 nitrogen and oxygen atoms in total. The van der Waals surface area contributed by atoms with Gasteiger partial charge in [-0.15, -0.1) is 12.4 Å². The number of halogens is 1. The van der Waals surface area contributed by atoms with Gasteiger partial charge in [-0.3, -0.25) is 4.79 Å². The van der Waals surface area contributed by atoms with E-state index in [1.54, 1.807) is 0 Å². The van der Waals surface area contributed by atoms with Crippen molar-refractivity contribution in [1.82, 2.24) is 10.2 Å². The largest absolute Gasteiger partial charge is 0.342 e. The topological polar surface area (TPSA) is 32.3 Å². The average molecular weight is 305 g/mol. The number of carbonyl (C=O) groups excluding carboxylic acids is 1. The van der Waals surface area contributed by atoms with Gasteiger partial charge >= 0.3 is 0 Å². The Morgan fingerprint density at radius 1 is 1.10 bits per heavy atom. The van der Waals surface area contributed by atoms with Gasteiger partial charge in [-0.25, -0.2) is 0 Å². The molecule has 1 amide bonds. The van der Waals surface area contributed by atoms with Crippen LogP contribution in [0.15, 0.2) is 0 Å². The fourth-order valence-corrected chi connectivity index (χ4v) is 2.82. The molecule has 0 aromatic heterocycles. The van der Waals surface area contributed by atoms with E-state index in [4.69, 9.17) is 0 Å². The summed E-state index contributed by atoms with van der Waals surface area (Å²) in [6, 6.07) is 0. The zero-order valence-corrected chi connectivity index (χ0v) is 14.5. The lowest BCUT2D eigenvalue weighted by Gasteiger charge is -2.28. The molecule has 0 radical (unpaired) electrons. The van der Waals surface area contributed by atoms with Crippen LogP contribution >= 0.6 is 12.4 Å². The van der Waals surface area contributed by atoms with Crippen molar-refractivity contribution >= 4 is 18.3 Å². The highest BCUT2D eigenvalue weighted by Gasteiger charge is 2.19. The number of nitrogens with zero attached hydrogens (tertiary/aromatic N) is 1. The molecule has 1 heterocycles. The smallest absolute Gasteiger partial charge is 0.222 e. The first kappa shape index (κ1) is 19.7. The fraction of sp³-hybridized carbons (Fsp3) is 0.938. The molecule has 1 saturated heterocycles. The van der Waals surface area contributed by atoms with Gasteiger partial charge < -0.3 is 10.2 Å². The molecule has 120 valence electrons. The van der Waals surface area contributed by atoms with Crippen molar-refractivity contribution in [3.05, 3.63) is 0 Å². The van der Waals surface area contributed by atoms with E-state index in [-0.39, 0.29) is 12.4 Å². The molecule has 20 heavy (non-hydrogen) atoms. The first-order valence-corrected chi connectivity index (χ1v) is 7.97. The van der Waals surface area contributed by atoms with Crippen molar-refractivity contribution < 1.29 is 4.79 Å². The Labute approximate surface area is 131 Å². The Morgan fingerprint density at radius 2 is 1.60 bits per heavy atom. The SMILES string of the molecule is CC(C)CN(CC(C)C)C(=O)CCC1CCNCC1.Cl. The zero-order valence-electron chi connectivity index (χ0n) is 13.7. The zero-order chi connectivity index (χ0) is 14.3. The van der Waals surface area contributed by atoms with Gasteiger partial charge in [0.1, 0.15) is 0 Å². The maximum atomic E-state index is 12.4. The van der Waals surface area contributed by atoms with Crippen molar-refractivity contribution in [2.24, 2.45) is 17.8 Å². The number of carbonyl (C=O) groups is 1. The summed E-state index contributed by atoms with van der Waals surface area (Å²) in [5.74, 6) is 2.23. The van der Waals surface area contributed by atoms with E-state index in [1.165, 1.54) is 12.8 Å². The second kappa shape index (κ2) is 10.4. The molecule has 1 rings (SSSR count). The molecule has 0 aromatic carbocycles. The summed E-state index contributed by atoms with van der Waals surface area (Å²) in [6.45, 7) is 12.8. The molecule has 0 spiro atoms. The van der Waals surface area contributed by atoms with E-state index in [1.807, 2.05) is 0 Å². The van der Waals surface area contributed by atoms with E-state index >= 15 is 0 Å². The number of hydrogen-bond donors (Lipinski definition) is 1. The summed E-state index contributed by atoms with van der Waals surface area (Å²) in [5, 5.41) is 3.38. The Kier molecular flexibility index (Phi) is 10.3. The van der Waals surface area contributed by atoms with E-state index in [0.29, 0.717) is 17.7 Å². The minimum atomic E-state index is 0. The van der Waals surface area contributed by atoms with Gasteiger partial charge in [-0.1, -0.05) is 27.7 Å². The van der Waals surface area contributed by atoms with Crippen LogP contribution in [0.1, 0.15) is 53.4 Å². The Hall–Kier alpha value is -0.280. The van der Waals surface area contributed by atoms with Crippen LogP contribution in [0.4, 0.5) is 0 Å². The van der Waals surface area contributed by atoms with Crippen LogP contribution in [0.3, 0.4) is 0 Å². The minimum absolute atomic E-state index is 0. The average Bonchev–Trinajstić information content (AvgIpc) is 2.35. The molecule has 0 aromatic rings. The van der Waals surface area contributed by atoms with Crippen LogP contribution in [-0.4, -0.2) is 37.0 Å². The second-order valence-electron chi connectivity index (χ2n) is 6.82. The molecule has 0 atom stereocenters. The standard InChI is InChI=1S/C16H32N2O.ClH/c1-13(2)11-18(12-14(3)4)16(19)6-5-15-7-9-17-10-8-15;/h13-15,17H,5-12H2,1-4H3;1H. The number of nitrogens with one attached hydrogen (secondary N) is 1. The molecule has 0 saturated carbocycles. The lowest BCUT2D eigenvalue weighted by atomic mass is 9.93. The number of rotatable bonds is 7. The van der Waals surface area contributed by atoms with Gasteiger partial charge in [-0.05, 0) is 50.1 Å². The van der Waals surface area contributed by atoms with E-state index in [2.05, 4.69) is 37.9 Å². The quantitative estimate of drug-likeness (QED) is 0.782. The normalized spacial score (nSPS) is 16.3. The molecule has 1 aliphatic heterocycles. The maximum absolute atomic E-state index is 12.4. The highest BCUT2D eigenvalue weighted by atomic mass is 35.5. The summed E-state index contributed by atoms with van der Waals surface area (Å²) in [7, 11) is 0. The third kappa shape index (κ3) is 8.11. The highest BCUT2D eigenvalue weighted by molar-refractivity contribution is 5.85. The molecule has 1 N–H and O–H groups in total. The predicted octanol–water partition coefficient (Wildman–Crippen LogP) is 3.33. The van der Waals surface area contributed by atoms with E-state index < -0.39 is 0 Å². The van der Waals surface area contributed by atoms with Crippen LogP contribution < -0.4 is 5.32 Å². The third-order valence-corrected chi connectivity index (χ3v) is 3.75. The van der Waals surface area contributed by atoms with E-state index in [9.17, 15) is 4.79 Å². The number of piperidine rings is 1. The van der Waals surface area contributed by atoms with Gasteiger partial charge in [0.15, 0.2) is 0 Å². The van der Waals surface area contributed by atoms with Gasteiger partial charge in [0.05, 0.1) is 0 Å². The molecule has 1 aliphatic rings. The molecular weight excluding hydrogens is 272 g/mol. The molecule has 0 aliphatic carbocycles. The van der Waals surface area contributed by atoms with Crippen LogP contribution in [0, 0.1) is 17.8 Å². The molecular formula is C16H33ClN2O. The third-order valence-electron chi connectivity index (χ3n) is 3.75. The minimum Gasteiger partial charge on any atom is -0.342 e. The monoisotopic (exact) mass is 304 g/mol. The van der Waals surface area contributed by atoms with Crippen molar-refractivity contribution in [2.75, 3.05) is 26.2 Å². The summed E-state index contributed by atoms with van der Waals surface area (Å²) in [5.41, 5.74) is 0. The first-order chi connectivity index (χ1) is 8.99. The highest BCUT2D eigenvalue weighted by Crippen LogP contribution is 2.19. The lowest BCUT2D eigenvalue weighted by molar-refractivity contribution is -0.132. The van der Waals surface area contributed by atoms with Crippen LogP contribution in [-0.2, 0) is 4.79 Å². The first-order valence-electron chi connectivity index (χ1n) is 7.97. The summed E-state index contributed by atoms with van der Waals surface area (Å²) in [4.78, 5) is 14.4.